The first-order valence-electron chi connectivity index (χ1n) is 4.90. The van der Waals surface area contributed by atoms with Crippen molar-refractivity contribution >= 4 is 36.5 Å². The summed E-state index contributed by atoms with van der Waals surface area (Å²) in [6.07, 6.45) is 0. The first-order valence-corrected chi connectivity index (χ1v) is 6.97. The topological polar surface area (TPSA) is 26.3 Å². The van der Waals surface area contributed by atoms with Gasteiger partial charge in [-0.05, 0) is 24.3 Å². The summed E-state index contributed by atoms with van der Waals surface area (Å²) >= 11 is 11.9. The molecule has 0 saturated heterocycles. The van der Waals surface area contributed by atoms with Gasteiger partial charge in [-0.25, -0.2) is 0 Å². The molecule has 0 amide bonds. The van der Waals surface area contributed by atoms with Gasteiger partial charge in [0, 0.05) is 0 Å². The Bertz CT molecular complexity index is 558. The molecule has 0 heterocycles. The Morgan fingerprint density at radius 3 is 2.12 bits per heavy atom. The average Bonchev–Trinajstić information content (AvgIpc) is 2.32. The number of para-hydroxylation sites is 1. The van der Waals surface area contributed by atoms with Gasteiger partial charge in [0.1, 0.15) is 5.75 Å². The third-order valence-electron chi connectivity index (χ3n) is 2.13. The number of halogens is 2. The van der Waals surface area contributed by atoms with Gasteiger partial charge in [0.25, 0.3) is 8.03 Å². The van der Waals surface area contributed by atoms with E-state index in [1.54, 1.807) is 48.5 Å². The maximum atomic E-state index is 12.0. The molecule has 1 atom stereocenters. The highest BCUT2D eigenvalue weighted by Gasteiger charge is 2.10. The smallest absolute Gasteiger partial charge is 0.267 e. The molecule has 88 valence electrons. The minimum Gasteiger partial charge on any atom is -0.440 e. The summed E-state index contributed by atoms with van der Waals surface area (Å²) in [6.45, 7) is 0. The van der Waals surface area contributed by atoms with Gasteiger partial charge in [-0.1, -0.05) is 47.5 Å². The van der Waals surface area contributed by atoms with Gasteiger partial charge in [0.05, 0.1) is 15.3 Å². The van der Waals surface area contributed by atoms with Gasteiger partial charge in [0.2, 0.25) is 0 Å². The van der Waals surface area contributed by atoms with Gasteiger partial charge in [-0.3, -0.25) is 4.57 Å². The van der Waals surface area contributed by atoms with Crippen LogP contribution in [0.5, 0.6) is 5.75 Å². The van der Waals surface area contributed by atoms with Gasteiger partial charge < -0.3 is 4.52 Å². The SMILES string of the molecule is O=[PH](Oc1ccccc1Cl)c1ccccc1Cl. The lowest BCUT2D eigenvalue weighted by atomic mass is 10.3. The van der Waals surface area contributed by atoms with E-state index in [2.05, 4.69) is 0 Å². The molecule has 0 N–H and O–H groups in total. The van der Waals surface area contributed by atoms with E-state index < -0.39 is 8.03 Å². The van der Waals surface area contributed by atoms with Crippen LogP contribution in [0.4, 0.5) is 0 Å². The summed E-state index contributed by atoms with van der Waals surface area (Å²) in [5, 5.41) is 1.36. The number of hydrogen-bond acceptors (Lipinski definition) is 2. The molecule has 1 unspecified atom stereocenters. The Morgan fingerprint density at radius 1 is 0.882 bits per heavy atom. The molecule has 2 aromatic carbocycles. The fourth-order valence-electron chi connectivity index (χ4n) is 1.31. The van der Waals surface area contributed by atoms with E-state index in [-0.39, 0.29) is 0 Å². The number of hydrogen-bond donors (Lipinski definition) is 0. The summed E-state index contributed by atoms with van der Waals surface area (Å²) in [4.78, 5) is 0. The van der Waals surface area contributed by atoms with Gasteiger partial charge in [-0.15, -0.1) is 0 Å². The second-order valence-electron chi connectivity index (χ2n) is 3.30. The minimum absolute atomic E-state index is 0.401. The molecular formula is C12H9Cl2O2P. The van der Waals surface area contributed by atoms with Crippen molar-refractivity contribution in [1.82, 2.24) is 0 Å². The van der Waals surface area contributed by atoms with Crippen LogP contribution in [-0.4, -0.2) is 0 Å². The first-order chi connectivity index (χ1) is 8.18. The number of benzene rings is 2. The van der Waals surface area contributed by atoms with Crippen LogP contribution in [0.2, 0.25) is 10.0 Å². The van der Waals surface area contributed by atoms with Crippen LogP contribution in [0.3, 0.4) is 0 Å². The normalized spacial score (nSPS) is 12.1. The van der Waals surface area contributed by atoms with Crippen molar-refractivity contribution < 1.29 is 9.09 Å². The molecule has 0 radical (unpaired) electrons. The quantitative estimate of drug-likeness (QED) is 0.792. The maximum absolute atomic E-state index is 12.0. The van der Waals surface area contributed by atoms with E-state index in [4.69, 9.17) is 27.7 Å². The highest BCUT2D eigenvalue weighted by Crippen LogP contribution is 2.33. The molecule has 17 heavy (non-hydrogen) atoms. The second-order valence-corrected chi connectivity index (χ2v) is 5.43. The van der Waals surface area contributed by atoms with Crippen molar-refractivity contribution in [3.05, 3.63) is 58.6 Å². The molecule has 0 saturated carbocycles. The number of rotatable bonds is 3. The molecule has 0 aliphatic rings. The molecule has 0 aliphatic carbocycles. The van der Waals surface area contributed by atoms with Crippen LogP contribution in [0.1, 0.15) is 0 Å². The molecule has 0 fully saturated rings. The second kappa shape index (κ2) is 5.59. The third-order valence-corrected chi connectivity index (χ3v) is 4.21. The largest absolute Gasteiger partial charge is 0.440 e. The van der Waals surface area contributed by atoms with E-state index in [0.29, 0.717) is 21.1 Å². The van der Waals surface area contributed by atoms with E-state index in [0.717, 1.165) is 0 Å². The van der Waals surface area contributed by atoms with Gasteiger partial charge in [0.15, 0.2) is 0 Å². The Hall–Kier alpha value is -0.950. The van der Waals surface area contributed by atoms with Gasteiger partial charge in [-0.2, -0.15) is 0 Å². The third kappa shape index (κ3) is 3.04. The fourth-order valence-corrected chi connectivity index (χ4v) is 2.91. The van der Waals surface area contributed by atoms with E-state index in [1.807, 2.05) is 0 Å². The first kappa shape index (κ1) is 12.5. The van der Waals surface area contributed by atoms with Crippen LogP contribution in [-0.2, 0) is 4.57 Å². The molecule has 2 aromatic rings. The highest BCUT2D eigenvalue weighted by molar-refractivity contribution is 7.49. The summed E-state index contributed by atoms with van der Waals surface area (Å²) in [7, 11) is -2.44. The lowest BCUT2D eigenvalue weighted by Crippen LogP contribution is -2.01. The predicted octanol–water partition coefficient (Wildman–Crippen LogP) is 4.17. The van der Waals surface area contributed by atoms with E-state index in [9.17, 15) is 4.57 Å². The Kier molecular flexibility index (Phi) is 4.11. The van der Waals surface area contributed by atoms with Crippen LogP contribution >= 0.6 is 31.2 Å². The molecule has 2 rings (SSSR count). The minimum atomic E-state index is -2.44. The monoisotopic (exact) mass is 286 g/mol. The van der Waals surface area contributed by atoms with E-state index in [1.165, 1.54) is 0 Å². The molecule has 5 heteroatoms. The van der Waals surface area contributed by atoms with Crippen molar-refractivity contribution in [2.45, 2.75) is 0 Å². The van der Waals surface area contributed by atoms with Crippen molar-refractivity contribution in [2.24, 2.45) is 0 Å². The molecule has 0 spiro atoms. The zero-order valence-electron chi connectivity index (χ0n) is 8.69. The molecule has 0 bridgehead atoms. The van der Waals surface area contributed by atoms with Crippen LogP contribution in [0.25, 0.3) is 0 Å². The highest BCUT2D eigenvalue weighted by atomic mass is 35.5. The summed E-state index contributed by atoms with van der Waals surface area (Å²) in [5.74, 6) is 0.401. The van der Waals surface area contributed by atoms with Crippen molar-refractivity contribution in [3.8, 4) is 5.75 Å². The van der Waals surface area contributed by atoms with Crippen LogP contribution in [0, 0.1) is 0 Å². The summed E-state index contributed by atoms with van der Waals surface area (Å²) in [5.41, 5.74) is 0. The fraction of sp³-hybridized carbons (Fsp3) is 0. The maximum Gasteiger partial charge on any atom is 0.267 e. The van der Waals surface area contributed by atoms with Crippen molar-refractivity contribution in [2.75, 3.05) is 0 Å². The van der Waals surface area contributed by atoms with Gasteiger partial charge >= 0.3 is 0 Å². The lowest BCUT2D eigenvalue weighted by molar-refractivity contribution is 0.514. The molecule has 0 aromatic heterocycles. The van der Waals surface area contributed by atoms with E-state index >= 15 is 0 Å². The molecule has 2 nitrogen and oxygen atoms in total. The standard InChI is InChI=1S/C12H9Cl2O2P/c13-9-5-1-3-7-11(9)16-17(15)12-8-4-2-6-10(12)14/h1-8,17H. The molecular weight excluding hydrogens is 278 g/mol. The molecule has 0 aliphatic heterocycles. The Labute approximate surface area is 110 Å². The Balaban J connectivity index is 2.24. The zero-order chi connectivity index (χ0) is 12.3. The summed E-state index contributed by atoms with van der Waals surface area (Å²) < 4.78 is 17.3. The lowest BCUT2D eigenvalue weighted by Gasteiger charge is -2.08. The Morgan fingerprint density at radius 2 is 1.47 bits per heavy atom. The zero-order valence-corrected chi connectivity index (χ0v) is 11.2. The summed E-state index contributed by atoms with van der Waals surface area (Å²) in [6, 6.07) is 13.8. The van der Waals surface area contributed by atoms with Crippen molar-refractivity contribution in [1.29, 1.82) is 0 Å². The average molecular weight is 287 g/mol. The predicted molar refractivity (Wildman–Crippen MR) is 72.2 cm³/mol. The van der Waals surface area contributed by atoms with Crippen LogP contribution in [0.15, 0.2) is 48.5 Å². The van der Waals surface area contributed by atoms with Crippen molar-refractivity contribution in [3.63, 3.8) is 0 Å². The van der Waals surface area contributed by atoms with Crippen LogP contribution < -0.4 is 9.83 Å².